The Morgan fingerprint density at radius 2 is 2.04 bits per heavy atom. The third-order valence-electron chi connectivity index (χ3n) is 4.76. The number of hydrogen-bond acceptors (Lipinski definition) is 4. The van der Waals surface area contributed by atoms with E-state index >= 15 is 0 Å². The van der Waals surface area contributed by atoms with E-state index < -0.39 is 0 Å². The summed E-state index contributed by atoms with van der Waals surface area (Å²) in [7, 11) is 1.80. The number of aryl methyl sites for hydroxylation is 1. The lowest BCUT2D eigenvalue weighted by Gasteiger charge is -2.26. The van der Waals surface area contributed by atoms with Crippen LogP contribution in [0.3, 0.4) is 0 Å². The second kappa shape index (κ2) is 11.3. The van der Waals surface area contributed by atoms with Crippen molar-refractivity contribution < 1.29 is 4.42 Å². The topological polar surface area (TPSA) is 65.7 Å². The molecule has 1 saturated heterocycles. The Hall–Kier alpha value is -1.61. The molecule has 3 heterocycles. The van der Waals surface area contributed by atoms with Crippen LogP contribution in [-0.2, 0) is 6.42 Å². The fraction of sp³-hybridized carbons (Fsp3) is 0.500. The van der Waals surface area contributed by atoms with Gasteiger partial charge in [0, 0.05) is 38.4 Å². The number of pyridine rings is 1. The average molecular weight is 483 g/mol. The molecule has 2 N–H and O–H groups in total. The molecule has 7 heteroatoms. The summed E-state index contributed by atoms with van der Waals surface area (Å²) < 4.78 is 5.91. The van der Waals surface area contributed by atoms with Gasteiger partial charge in [0.15, 0.2) is 5.96 Å². The molecule has 1 aliphatic rings. The smallest absolute Gasteiger partial charge is 0.191 e. The summed E-state index contributed by atoms with van der Waals surface area (Å²) in [4.78, 5) is 11.2. The highest BCUT2D eigenvalue weighted by Crippen LogP contribution is 2.26. The van der Waals surface area contributed by atoms with Crippen molar-refractivity contribution in [2.75, 3.05) is 33.2 Å². The van der Waals surface area contributed by atoms with Crippen molar-refractivity contribution in [3.05, 3.63) is 53.7 Å². The van der Waals surface area contributed by atoms with E-state index in [1.54, 1.807) is 7.05 Å². The Morgan fingerprint density at radius 3 is 2.67 bits per heavy atom. The lowest BCUT2D eigenvalue weighted by Crippen LogP contribution is -2.43. The summed E-state index contributed by atoms with van der Waals surface area (Å²) in [6.45, 7) is 5.81. The highest BCUT2D eigenvalue weighted by atomic mass is 127. The SMILES string of the molecule is CN=C(NCCc1ccccn1)NCC(c1ccc(C)o1)N1CCCC1.I. The molecule has 6 nitrogen and oxygen atoms in total. The number of nitrogens with one attached hydrogen (secondary N) is 2. The van der Waals surface area contributed by atoms with Crippen LogP contribution in [0.1, 0.15) is 36.1 Å². The molecule has 2 aromatic rings. The molecule has 1 aliphatic heterocycles. The molecule has 0 spiro atoms. The van der Waals surface area contributed by atoms with Crippen molar-refractivity contribution in [2.45, 2.75) is 32.2 Å². The van der Waals surface area contributed by atoms with E-state index in [2.05, 4.69) is 31.6 Å². The molecule has 27 heavy (non-hydrogen) atoms. The number of aliphatic imine (C=N–C) groups is 1. The van der Waals surface area contributed by atoms with Crippen molar-refractivity contribution >= 4 is 29.9 Å². The van der Waals surface area contributed by atoms with E-state index in [9.17, 15) is 0 Å². The Labute approximate surface area is 178 Å². The van der Waals surface area contributed by atoms with E-state index in [4.69, 9.17) is 4.42 Å². The fourth-order valence-corrected chi connectivity index (χ4v) is 3.36. The van der Waals surface area contributed by atoms with Gasteiger partial charge in [0.2, 0.25) is 0 Å². The van der Waals surface area contributed by atoms with Crippen LogP contribution in [0.25, 0.3) is 0 Å². The standard InChI is InChI=1S/C20H29N5O.HI/c1-16-8-9-19(26-16)18(25-13-5-6-14-25)15-24-20(21-2)23-12-10-17-7-3-4-11-22-17;/h3-4,7-9,11,18H,5-6,10,12-15H2,1-2H3,(H2,21,23,24);1H. The fourth-order valence-electron chi connectivity index (χ4n) is 3.36. The molecule has 0 bridgehead atoms. The van der Waals surface area contributed by atoms with Crippen molar-refractivity contribution in [1.29, 1.82) is 0 Å². The summed E-state index contributed by atoms with van der Waals surface area (Å²) in [6, 6.07) is 10.4. The van der Waals surface area contributed by atoms with Crippen LogP contribution in [-0.4, -0.2) is 49.1 Å². The molecule has 2 aromatic heterocycles. The van der Waals surface area contributed by atoms with Crippen LogP contribution in [0.4, 0.5) is 0 Å². The first-order valence-electron chi connectivity index (χ1n) is 9.41. The first kappa shape index (κ1) is 21.7. The van der Waals surface area contributed by atoms with Crippen molar-refractivity contribution in [3.8, 4) is 0 Å². The summed E-state index contributed by atoms with van der Waals surface area (Å²) >= 11 is 0. The van der Waals surface area contributed by atoms with Crippen LogP contribution < -0.4 is 10.6 Å². The van der Waals surface area contributed by atoms with Gasteiger partial charge in [-0.1, -0.05) is 6.07 Å². The predicted molar refractivity (Wildman–Crippen MR) is 120 cm³/mol. The molecule has 0 amide bonds. The van der Waals surface area contributed by atoms with Crippen molar-refractivity contribution in [3.63, 3.8) is 0 Å². The molecule has 0 aliphatic carbocycles. The lowest BCUT2D eigenvalue weighted by molar-refractivity contribution is 0.213. The molecule has 3 rings (SSSR count). The number of likely N-dealkylation sites (tertiary alicyclic amines) is 1. The summed E-state index contributed by atoms with van der Waals surface area (Å²) in [6.07, 6.45) is 5.21. The molecule has 148 valence electrons. The van der Waals surface area contributed by atoms with Gasteiger partial charge in [0.05, 0.1) is 6.04 Å². The highest BCUT2D eigenvalue weighted by Gasteiger charge is 2.26. The first-order valence-corrected chi connectivity index (χ1v) is 9.41. The van der Waals surface area contributed by atoms with E-state index in [0.29, 0.717) is 0 Å². The van der Waals surface area contributed by atoms with Gasteiger partial charge in [0.1, 0.15) is 11.5 Å². The quantitative estimate of drug-likeness (QED) is 0.360. The second-order valence-corrected chi connectivity index (χ2v) is 6.66. The van der Waals surface area contributed by atoms with E-state index in [1.165, 1.54) is 12.8 Å². The minimum atomic E-state index is 0. The van der Waals surface area contributed by atoms with Crippen LogP contribution in [0, 0.1) is 6.92 Å². The van der Waals surface area contributed by atoms with Crippen molar-refractivity contribution in [2.24, 2.45) is 4.99 Å². The van der Waals surface area contributed by atoms with Crippen LogP contribution in [0.15, 0.2) is 45.9 Å². The monoisotopic (exact) mass is 483 g/mol. The molecular weight excluding hydrogens is 453 g/mol. The highest BCUT2D eigenvalue weighted by molar-refractivity contribution is 14.0. The summed E-state index contributed by atoms with van der Waals surface area (Å²) in [5.74, 6) is 2.80. The number of halogens is 1. The number of aromatic nitrogens is 1. The number of rotatable bonds is 7. The number of guanidine groups is 1. The molecule has 1 fully saturated rings. The van der Waals surface area contributed by atoms with Gasteiger partial charge in [-0.15, -0.1) is 24.0 Å². The summed E-state index contributed by atoms with van der Waals surface area (Å²) in [5.41, 5.74) is 1.08. The lowest BCUT2D eigenvalue weighted by atomic mass is 10.2. The molecule has 1 unspecified atom stereocenters. The van der Waals surface area contributed by atoms with Crippen LogP contribution in [0.5, 0.6) is 0 Å². The summed E-state index contributed by atoms with van der Waals surface area (Å²) in [5, 5.41) is 6.83. The Bertz CT molecular complexity index is 697. The number of furan rings is 1. The second-order valence-electron chi connectivity index (χ2n) is 6.66. The van der Waals surface area contributed by atoms with Crippen molar-refractivity contribution in [1.82, 2.24) is 20.5 Å². The first-order chi connectivity index (χ1) is 12.8. The van der Waals surface area contributed by atoms with Gasteiger partial charge in [0.25, 0.3) is 0 Å². The average Bonchev–Trinajstić information content (AvgIpc) is 3.34. The zero-order chi connectivity index (χ0) is 18.2. The third-order valence-corrected chi connectivity index (χ3v) is 4.76. The largest absolute Gasteiger partial charge is 0.465 e. The van der Waals surface area contributed by atoms with Gasteiger partial charge in [-0.25, -0.2) is 0 Å². The third kappa shape index (κ3) is 6.49. The van der Waals surface area contributed by atoms with Crippen LogP contribution >= 0.6 is 24.0 Å². The Morgan fingerprint density at radius 1 is 1.22 bits per heavy atom. The minimum absolute atomic E-state index is 0. The molecular formula is C20H30IN5O. The van der Waals surface area contributed by atoms with E-state index in [-0.39, 0.29) is 30.0 Å². The van der Waals surface area contributed by atoms with E-state index in [0.717, 1.165) is 55.8 Å². The predicted octanol–water partition coefficient (Wildman–Crippen LogP) is 3.15. The maximum atomic E-state index is 5.91. The zero-order valence-electron chi connectivity index (χ0n) is 16.1. The molecule has 0 radical (unpaired) electrons. The van der Waals surface area contributed by atoms with Gasteiger partial charge < -0.3 is 15.1 Å². The molecule has 0 aromatic carbocycles. The van der Waals surface area contributed by atoms with Gasteiger partial charge in [-0.2, -0.15) is 0 Å². The number of hydrogen-bond donors (Lipinski definition) is 2. The number of nitrogens with zero attached hydrogens (tertiary/aromatic N) is 3. The molecule has 0 saturated carbocycles. The maximum absolute atomic E-state index is 5.91. The Kier molecular flexibility index (Phi) is 9.06. The van der Waals surface area contributed by atoms with Crippen LogP contribution in [0.2, 0.25) is 0 Å². The maximum Gasteiger partial charge on any atom is 0.191 e. The van der Waals surface area contributed by atoms with Gasteiger partial charge in [-0.3, -0.25) is 14.9 Å². The van der Waals surface area contributed by atoms with Gasteiger partial charge >= 0.3 is 0 Å². The van der Waals surface area contributed by atoms with E-state index in [1.807, 2.05) is 37.4 Å². The zero-order valence-corrected chi connectivity index (χ0v) is 18.5. The Balaban J connectivity index is 0.00000261. The molecule has 1 atom stereocenters. The minimum Gasteiger partial charge on any atom is -0.465 e. The van der Waals surface area contributed by atoms with Gasteiger partial charge in [-0.05, 0) is 57.1 Å². The normalized spacial score (nSPS) is 16.0.